The SMILES string of the molecule is C=C1OC=C(COP(=O)(COCCn2cnc3c(=O)[nH]c(N)nc32)OCc2cccc(Br)c2)O1. The van der Waals surface area contributed by atoms with Crippen molar-refractivity contribution >= 4 is 40.6 Å². The lowest BCUT2D eigenvalue weighted by Gasteiger charge is -2.19. The number of hydrogen-bond donors (Lipinski definition) is 2. The Kier molecular flexibility index (Phi) is 7.49. The number of nitrogens with zero attached hydrogens (tertiary/aromatic N) is 3. The summed E-state index contributed by atoms with van der Waals surface area (Å²) in [5, 5.41) is 0. The van der Waals surface area contributed by atoms with Gasteiger partial charge in [-0.05, 0) is 24.3 Å². The van der Waals surface area contributed by atoms with Gasteiger partial charge in [-0.2, -0.15) is 4.98 Å². The van der Waals surface area contributed by atoms with Gasteiger partial charge in [-0.15, -0.1) is 0 Å². The fourth-order valence-electron chi connectivity index (χ4n) is 2.94. The minimum absolute atomic E-state index is 0.0193. The molecule has 14 heteroatoms. The summed E-state index contributed by atoms with van der Waals surface area (Å²) in [6.07, 6.45) is 2.44. The molecule has 0 saturated heterocycles. The first-order valence-electron chi connectivity index (χ1n) is 9.95. The zero-order valence-electron chi connectivity index (χ0n) is 17.8. The van der Waals surface area contributed by atoms with Gasteiger partial charge in [0.25, 0.3) is 11.5 Å². The molecule has 1 aromatic carbocycles. The first kappa shape index (κ1) is 24.2. The smallest absolute Gasteiger partial charge is 0.356 e. The molecule has 3 N–H and O–H groups in total. The Hall–Kier alpha value is -2.96. The molecule has 180 valence electrons. The lowest BCUT2D eigenvalue weighted by molar-refractivity contribution is 0.114. The van der Waals surface area contributed by atoms with Crippen LogP contribution in [-0.4, -0.2) is 39.1 Å². The number of halogens is 1. The van der Waals surface area contributed by atoms with Gasteiger partial charge in [0.15, 0.2) is 16.9 Å². The Morgan fingerprint density at radius 3 is 2.88 bits per heavy atom. The fraction of sp³-hybridized carbons (Fsp3) is 0.250. The maximum atomic E-state index is 13.4. The number of anilines is 1. The van der Waals surface area contributed by atoms with E-state index in [1.807, 2.05) is 24.3 Å². The molecular weight excluding hydrogens is 533 g/mol. The molecule has 3 heterocycles. The number of nitrogen functional groups attached to an aromatic ring is 1. The van der Waals surface area contributed by atoms with Crippen molar-refractivity contribution in [1.29, 1.82) is 0 Å². The van der Waals surface area contributed by atoms with Crippen LogP contribution in [-0.2, 0) is 41.0 Å². The van der Waals surface area contributed by atoms with Gasteiger partial charge in [-0.25, -0.2) is 4.98 Å². The highest BCUT2D eigenvalue weighted by Crippen LogP contribution is 2.49. The highest BCUT2D eigenvalue weighted by Gasteiger charge is 2.27. The lowest BCUT2D eigenvalue weighted by Crippen LogP contribution is -2.13. The van der Waals surface area contributed by atoms with Gasteiger partial charge in [0.1, 0.15) is 19.2 Å². The van der Waals surface area contributed by atoms with E-state index < -0.39 is 13.2 Å². The molecule has 1 aliphatic rings. The zero-order valence-corrected chi connectivity index (χ0v) is 20.3. The number of nitrogens with one attached hydrogen (secondary N) is 1. The largest absolute Gasteiger partial charge is 0.431 e. The Bertz CT molecular complexity index is 1340. The van der Waals surface area contributed by atoms with Gasteiger partial charge in [-0.1, -0.05) is 28.1 Å². The van der Waals surface area contributed by atoms with Crippen LogP contribution in [0.3, 0.4) is 0 Å². The molecule has 0 spiro atoms. The molecule has 3 aromatic rings. The number of aromatic nitrogens is 4. The summed E-state index contributed by atoms with van der Waals surface area (Å²) in [7, 11) is -3.70. The van der Waals surface area contributed by atoms with Crippen LogP contribution in [0.15, 0.2) is 64.4 Å². The molecule has 12 nitrogen and oxygen atoms in total. The molecule has 0 radical (unpaired) electrons. The third-order valence-corrected chi connectivity index (χ3v) is 6.54. The number of H-pyrrole nitrogens is 1. The van der Waals surface area contributed by atoms with Crippen LogP contribution in [0.25, 0.3) is 11.2 Å². The fourth-order valence-corrected chi connectivity index (χ4v) is 4.63. The number of rotatable bonds is 11. The van der Waals surface area contributed by atoms with Gasteiger partial charge in [0.2, 0.25) is 5.95 Å². The molecule has 0 saturated carbocycles. The van der Waals surface area contributed by atoms with E-state index in [9.17, 15) is 9.36 Å². The van der Waals surface area contributed by atoms with Gasteiger partial charge >= 0.3 is 7.60 Å². The molecule has 4 rings (SSSR count). The van der Waals surface area contributed by atoms with E-state index in [2.05, 4.69) is 37.5 Å². The molecular formula is C20H21BrN5O7P. The standard InChI is InChI=1S/C20H21BrN5O7P/c1-13-30-9-16(33-13)10-32-34(28,31-8-14-3-2-4-15(21)7-14)12-29-6-5-26-11-23-17-18(26)24-20(22)25-19(17)27/h2-4,7,9,11H,1,5-6,8,10,12H2,(H3,22,24,25,27). The van der Waals surface area contributed by atoms with Gasteiger partial charge in [0.05, 0.1) is 19.5 Å². The Balaban J connectivity index is 1.37. The average Bonchev–Trinajstić information content (AvgIpc) is 3.40. The Morgan fingerprint density at radius 2 is 2.12 bits per heavy atom. The number of imidazole rings is 1. The molecule has 34 heavy (non-hydrogen) atoms. The summed E-state index contributed by atoms with van der Waals surface area (Å²) in [5.74, 6) is 0.379. The Morgan fingerprint density at radius 1 is 1.29 bits per heavy atom. The van der Waals surface area contributed by atoms with Crippen LogP contribution < -0.4 is 11.3 Å². The summed E-state index contributed by atoms with van der Waals surface area (Å²) in [6, 6.07) is 7.39. The highest BCUT2D eigenvalue weighted by molar-refractivity contribution is 9.10. The quantitative estimate of drug-likeness (QED) is 0.267. The predicted molar refractivity (Wildman–Crippen MR) is 125 cm³/mol. The normalized spacial score (nSPS) is 15.1. The predicted octanol–water partition coefficient (Wildman–Crippen LogP) is 3.22. The van der Waals surface area contributed by atoms with E-state index in [1.165, 1.54) is 12.6 Å². The van der Waals surface area contributed by atoms with Crippen LogP contribution in [0.4, 0.5) is 5.95 Å². The van der Waals surface area contributed by atoms with Crippen molar-refractivity contribution < 1.29 is 27.8 Å². The topological polar surface area (TPSA) is 153 Å². The number of fused-ring (bicyclic) bond motifs is 1. The molecule has 1 atom stereocenters. The van der Waals surface area contributed by atoms with Gasteiger partial charge < -0.3 is 29.0 Å². The number of ether oxygens (including phenoxy) is 3. The number of benzene rings is 1. The van der Waals surface area contributed by atoms with Crippen molar-refractivity contribution in [3.63, 3.8) is 0 Å². The maximum Gasteiger partial charge on any atom is 0.356 e. The summed E-state index contributed by atoms with van der Waals surface area (Å²) in [4.78, 5) is 22.4. The van der Waals surface area contributed by atoms with Crippen molar-refractivity contribution in [2.45, 2.75) is 13.2 Å². The third kappa shape index (κ3) is 6.13. The van der Waals surface area contributed by atoms with E-state index >= 15 is 0 Å². The molecule has 0 fully saturated rings. The van der Waals surface area contributed by atoms with E-state index in [4.69, 9.17) is 29.0 Å². The molecule has 2 aromatic heterocycles. The van der Waals surface area contributed by atoms with Crippen LogP contribution in [0.1, 0.15) is 5.56 Å². The monoisotopic (exact) mass is 553 g/mol. The average molecular weight is 554 g/mol. The van der Waals surface area contributed by atoms with Gasteiger partial charge in [0, 0.05) is 11.0 Å². The highest BCUT2D eigenvalue weighted by atomic mass is 79.9. The molecule has 1 aliphatic heterocycles. The second-order valence-corrected chi connectivity index (χ2v) is 9.97. The minimum atomic E-state index is -3.70. The van der Waals surface area contributed by atoms with Crippen molar-refractivity contribution in [1.82, 2.24) is 19.5 Å². The first-order chi connectivity index (χ1) is 16.3. The van der Waals surface area contributed by atoms with E-state index in [1.54, 1.807) is 4.57 Å². The lowest BCUT2D eigenvalue weighted by atomic mass is 10.2. The summed E-state index contributed by atoms with van der Waals surface area (Å²) in [5.41, 5.74) is 6.45. The van der Waals surface area contributed by atoms with Crippen LogP contribution in [0.5, 0.6) is 0 Å². The van der Waals surface area contributed by atoms with Crippen LogP contribution >= 0.6 is 23.5 Å². The number of hydrogen-bond acceptors (Lipinski definition) is 10. The summed E-state index contributed by atoms with van der Waals surface area (Å²) >= 11 is 3.39. The molecule has 0 aliphatic carbocycles. The zero-order chi connectivity index (χ0) is 24.1. The van der Waals surface area contributed by atoms with E-state index in [-0.39, 0.29) is 50.1 Å². The summed E-state index contributed by atoms with van der Waals surface area (Å²) < 4.78 is 42.8. The van der Waals surface area contributed by atoms with Gasteiger partial charge in [-0.3, -0.25) is 18.9 Å². The van der Waals surface area contributed by atoms with Crippen LogP contribution in [0.2, 0.25) is 0 Å². The van der Waals surface area contributed by atoms with E-state index in [0.29, 0.717) is 11.4 Å². The van der Waals surface area contributed by atoms with Crippen molar-refractivity contribution in [3.8, 4) is 0 Å². The molecule has 0 amide bonds. The number of nitrogens with two attached hydrogens (primary N) is 1. The first-order valence-corrected chi connectivity index (χ1v) is 12.5. The second kappa shape index (κ2) is 10.5. The van der Waals surface area contributed by atoms with Crippen molar-refractivity contribution in [2.24, 2.45) is 0 Å². The molecule has 0 bridgehead atoms. The minimum Gasteiger partial charge on any atom is -0.431 e. The molecule has 1 unspecified atom stereocenters. The van der Waals surface area contributed by atoms with E-state index in [0.717, 1.165) is 10.0 Å². The number of aromatic amines is 1. The maximum absolute atomic E-state index is 13.4. The van der Waals surface area contributed by atoms with Crippen molar-refractivity contribution in [2.75, 3.05) is 25.3 Å². The Labute approximate surface area is 202 Å². The second-order valence-electron chi connectivity index (χ2n) is 7.06. The summed E-state index contributed by atoms with van der Waals surface area (Å²) in [6.45, 7) is 3.81. The van der Waals surface area contributed by atoms with Crippen LogP contribution in [0, 0.1) is 0 Å². The third-order valence-electron chi connectivity index (χ3n) is 4.51. The van der Waals surface area contributed by atoms with Crippen molar-refractivity contribution in [3.05, 3.63) is 75.5 Å².